The van der Waals surface area contributed by atoms with Gasteiger partial charge in [0.15, 0.2) is 5.96 Å². The van der Waals surface area contributed by atoms with E-state index in [0.29, 0.717) is 12.3 Å². The number of benzene rings is 1. The van der Waals surface area contributed by atoms with E-state index in [-0.39, 0.29) is 35.9 Å². The molecule has 0 aliphatic rings. The number of nitrogens with one attached hydrogen (secondary N) is 2. The third-order valence-corrected chi connectivity index (χ3v) is 3.26. The molecule has 0 saturated carbocycles. The first kappa shape index (κ1) is 21.9. The van der Waals surface area contributed by atoms with Crippen molar-refractivity contribution in [3.8, 4) is 5.75 Å². The van der Waals surface area contributed by atoms with Gasteiger partial charge in [-0.2, -0.15) is 0 Å². The smallest absolute Gasteiger partial charge is 0.191 e. The Morgan fingerprint density at radius 2 is 1.96 bits per heavy atom. The lowest BCUT2D eigenvalue weighted by atomic mass is 10.3. The number of halogens is 2. The van der Waals surface area contributed by atoms with Gasteiger partial charge in [0.2, 0.25) is 0 Å². The van der Waals surface area contributed by atoms with E-state index in [9.17, 15) is 4.39 Å². The maximum absolute atomic E-state index is 12.8. The second kappa shape index (κ2) is 12.3. The fourth-order valence-electron chi connectivity index (χ4n) is 1.77. The molecular weight excluding hydrogens is 410 g/mol. The van der Waals surface area contributed by atoms with Crippen molar-refractivity contribution < 1.29 is 9.13 Å². The van der Waals surface area contributed by atoms with Crippen LogP contribution in [0.1, 0.15) is 13.8 Å². The Hall–Kier alpha value is -1.09. The summed E-state index contributed by atoms with van der Waals surface area (Å²) in [7, 11) is 3.82. The van der Waals surface area contributed by atoms with Gasteiger partial charge in [-0.25, -0.2) is 4.39 Å². The zero-order chi connectivity index (χ0) is 16.4. The highest BCUT2D eigenvalue weighted by Gasteiger charge is 2.06. The predicted molar refractivity (Wildman–Crippen MR) is 104 cm³/mol. The maximum atomic E-state index is 12.8. The first-order chi connectivity index (χ1) is 10.5. The zero-order valence-corrected chi connectivity index (χ0v) is 16.6. The molecule has 5 nitrogen and oxygen atoms in total. The van der Waals surface area contributed by atoms with Gasteiger partial charge in [0.05, 0.1) is 6.54 Å². The summed E-state index contributed by atoms with van der Waals surface area (Å²) in [6.45, 7) is 7.50. The van der Waals surface area contributed by atoms with Gasteiger partial charge in [0.1, 0.15) is 17.7 Å². The van der Waals surface area contributed by atoms with Crippen LogP contribution in [0, 0.1) is 5.82 Å². The average Bonchev–Trinajstić information content (AvgIpc) is 2.52. The van der Waals surface area contributed by atoms with Gasteiger partial charge in [-0.05, 0) is 44.8 Å². The molecule has 0 heterocycles. The maximum Gasteiger partial charge on any atom is 0.191 e. The Morgan fingerprint density at radius 3 is 2.52 bits per heavy atom. The Labute approximate surface area is 155 Å². The highest BCUT2D eigenvalue weighted by molar-refractivity contribution is 14.0. The highest BCUT2D eigenvalue weighted by atomic mass is 127. The van der Waals surface area contributed by atoms with E-state index >= 15 is 0 Å². The SMILES string of the molecule is CCN(C)CCNC(=NC)NCC(C)Oc1ccc(F)cc1.I. The van der Waals surface area contributed by atoms with E-state index in [0.717, 1.165) is 25.6 Å². The molecule has 1 unspecified atom stereocenters. The van der Waals surface area contributed by atoms with Crippen LogP contribution in [0.2, 0.25) is 0 Å². The normalized spacial score (nSPS) is 12.5. The molecule has 2 N–H and O–H groups in total. The van der Waals surface area contributed by atoms with Crippen LogP contribution in [0.25, 0.3) is 0 Å². The van der Waals surface area contributed by atoms with Crippen molar-refractivity contribution in [2.75, 3.05) is 40.3 Å². The van der Waals surface area contributed by atoms with Crippen molar-refractivity contribution in [2.24, 2.45) is 4.99 Å². The van der Waals surface area contributed by atoms with Crippen LogP contribution in [0.4, 0.5) is 4.39 Å². The summed E-state index contributed by atoms with van der Waals surface area (Å²) in [4.78, 5) is 6.39. The molecule has 0 spiro atoms. The van der Waals surface area contributed by atoms with E-state index in [1.165, 1.54) is 12.1 Å². The number of hydrogen-bond acceptors (Lipinski definition) is 3. The van der Waals surface area contributed by atoms with Gasteiger partial charge in [0, 0.05) is 20.1 Å². The van der Waals surface area contributed by atoms with E-state index in [1.807, 2.05) is 6.92 Å². The minimum atomic E-state index is -0.264. The predicted octanol–water partition coefficient (Wildman–Crippen LogP) is 2.33. The molecule has 1 rings (SSSR count). The summed E-state index contributed by atoms with van der Waals surface area (Å²) in [6, 6.07) is 6.03. The lowest BCUT2D eigenvalue weighted by molar-refractivity contribution is 0.223. The number of aliphatic imine (C=N–C) groups is 1. The molecule has 23 heavy (non-hydrogen) atoms. The lowest BCUT2D eigenvalue weighted by Crippen LogP contribution is -2.44. The van der Waals surface area contributed by atoms with Gasteiger partial charge in [-0.1, -0.05) is 6.92 Å². The molecule has 1 aromatic rings. The minimum absolute atomic E-state index is 0. The van der Waals surface area contributed by atoms with Gasteiger partial charge < -0.3 is 20.3 Å². The molecule has 0 aliphatic heterocycles. The van der Waals surface area contributed by atoms with E-state index in [4.69, 9.17) is 4.74 Å². The van der Waals surface area contributed by atoms with Crippen molar-refractivity contribution >= 4 is 29.9 Å². The van der Waals surface area contributed by atoms with Crippen LogP contribution in [0.3, 0.4) is 0 Å². The zero-order valence-electron chi connectivity index (χ0n) is 14.3. The molecule has 0 aromatic heterocycles. The van der Waals surface area contributed by atoms with Crippen molar-refractivity contribution in [1.82, 2.24) is 15.5 Å². The van der Waals surface area contributed by atoms with Crippen molar-refractivity contribution in [1.29, 1.82) is 0 Å². The molecule has 1 atom stereocenters. The summed E-state index contributed by atoms with van der Waals surface area (Å²) in [5, 5.41) is 6.47. The highest BCUT2D eigenvalue weighted by Crippen LogP contribution is 2.12. The number of rotatable bonds is 8. The third-order valence-electron chi connectivity index (χ3n) is 3.26. The first-order valence-corrected chi connectivity index (χ1v) is 7.60. The quantitative estimate of drug-likeness (QED) is 0.372. The molecule has 7 heteroatoms. The van der Waals surface area contributed by atoms with Crippen LogP contribution in [0.15, 0.2) is 29.3 Å². The van der Waals surface area contributed by atoms with E-state index < -0.39 is 0 Å². The van der Waals surface area contributed by atoms with Crippen molar-refractivity contribution in [3.05, 3.63) is 30.1 Å². The molecule has 0 saturated heterocycles. The van der Waals surface area contributed by atoms with Crippen molar-refractivity contribution in [2.45, 2.75) is 20.0 Å². The van der Waals surface area contributed by atoms with Gasteiger partial charge in [-0.15, -0.1) is 24.0 Å². The van der Waals surface area contributed by atoms with Crippen LogP contribution in [0.5, 0.6) is 5.75 Å². The Balaban J connectivity index is 0.00000484. The van der Waals surface area contributed by atoms with E-state index in [1.54, 1.807) is 19.2 Å². The number of likely N-dealkylation sites (N-methyl/N-ethyl adjacent to an activating group) is 1. The number of nitrogens with zero attached hydrogens (tertiary/aromatic N) is 2. The lowest BCUT2D eigenvalue weighted by Gasteiger charge is -2.19. The fourth-order valence-corrected chi connectivity index (χ4v) is 1.77. The molecule has 0 bridgehead atoms. The van der Waals surface area contributed by atoms with Crippen molar-refractivity contribution in [3.63, 3.8) is 0 Å². The molecule has 0 fully saturated rings. The molecule has 0 aliphatic carbocycles. The number of guanidine groups is 1. The minimum Gasteiger partial charge on any atom is -0.489 e. The standard InChI is InChI=1S/C16H27FN4O.HI/c1-5-21(4)11-10-19-16(18-3)20-12-13(2)22-15-8-6-14(17)7-9-15;/h6-9,13H,5,10-12H2,1-4H3,(H2,18,19,20);1H. The first-order valence-electron chi connectivity index (χ1n) is 7.60. The summed E-state index contributed by atoms with van der Waals surface area (Å²) < 4.78 is 18.5. The summed E-state index contributed by atoms with van der Waals surface area (Å²) in [5.74, 6) is 1.14. The molecule has 0 radical (unpaired) electrons. The summed E-state index contributed by atoms with van der Waals surface area (Å²) in [6.07, 6.45) is -0.0534. The van der Waals surface area contributed by atoms with Crippen LogP contribution < -0.4 is 15.4 Å². The summed E-state index contributed by atoms with van der Waals surface area (Å²) >= 11 is 0. The summed E-state index contributed by atoms with van der Waals surface area (Å²) in [5.41, 5.74) is 0. The topological polar surface area (TPSA) is 48.9 Å². The third kappa shape index (κ3) is 9.60. The van der Waals surface area contributed by atoms with Gasteiger partial charge in [0.25, 0.3) is 0 Å². The largest absolute Gasteiger partial charge is 0.489 e. The molecular formula is C16H28FIN4O. The second-order valence-corrected chi connectivity index (χ2v) is 5.16. The Kier molecular flexibility index (Phi) is 11.8. The molecule has 132 valence electrons. The van der Waals surface area contributed by atoms with Gasteiger partial charge in [-0.3, -0.25) is 4.99 Å². The van der Waals surface area contributed by atoms with E-state index in [2.05, 4.69) is 34.5 Å². The fraction of sp³-hybridized carbons (Fsp3) is 0.562. The van der Waals surface area contributed by atoms with Crippen LogP contribution in [-0.4, -0.2) is 57.2 Å². The Morgan fingerprint density at radius 1 is 1.30 bits per heavy atom. The average molecular weight is 438 g/mol. The Bertz CT molecular complexity index is 456. The number of hydrogen-bond donors (Lipinski definition) is 2. The van der Waals surface area contributed by atoms with Gasteiger partial charge >= 0.3 is 0 Å². The monoisotopic (exact) mass is 438 g/mol. The second-order valence-electron chi connectivity index (χ2n) is 5.16. The molecule has 1 aromatic carbocycles. The van der Waals surface area contributed by atoms with Crippen LogP contribution >= 0.6 is 24.0 Å². The number of ether oxygens (including phenoxy) is 1. The molecule has 0 amide bonds. The van der Waals surface area contributed by atoms with Crippen LogP contribution in [-0.2, 0) is 0 Å².